The average molecular weight is 615 g/mol. The number of carbonyl (C=O) groups is 1. The number of anilines is 3. The monoisotopic (exact) mass is 614 g/mol. The van der Waals surface area contributed by atoms with Crippen LogP contribution >= 0.6 is 0 Å². The van der Waals surface area contributed by atoms with Crippen molar-refractivity contribution in [1.29, 1.82) is 5.26 Å². The van der Waals surface area contributed by atoms with Crippen LogP contribution < -0.4 is 15.0 Å². The van der Waals surface area contributed by atoms with E-state index in [0.717, 1.165) is 45.1 Å². The quantitative estimate of drug-likeness (QED) is 0.386. The predicted octanol–water partition coefficient (Wildman–Crippen LogP) is 3.31. The second-order valence-electron chi connectivity index (χ2n) is 11.3. The fraction of sp³-hybridized carbons (Fsp3) is 0.485. The summed E-state index contributed by atoms with van der Waals surface area (Å²) in [7, 11) is 0. The van der Waals surface area contributed by atoms with E-state index in [9.17, 15) is 10.1 Å². The van der Waals surface area contributed by atoms with E-state index in [-0.39, 0.29) is 17.9 Å². The first-order valence-corrected chi connectivity index (χ1v) is 15.7. The number of carbonyl (C=O) groups excluding carboxylic acids is 1. The molecular formula is C33H42N8O4. The average Bonchev–Trinajstić information content (AvgIpc) is 3.06. The van der Waals surface area contributed by atoms with Crippen molar-refractivity contribution in [2.24, 2.45) is 5.92 Å². The Bertz CT molecular complexity index is 1470. The van der Waals surface area contributed by atoms with E-state index >= 15 is 0 Å². The first kappa shape index (κ1) is 32.1. The number of hydrogen-bond acceptors (Lipinski definition) is 11. The molecule has 2 N–H and O–H groups in total. The van der Waals surface area contributed by atoms with E-state index < -0.39 is 6.61 Å². The summed E-state index contributed by atoms with van der Waals surface area (Å²) in [5.74, 6) is 1.11. The van der Waals surface area contributed by atoms with Crippen molar-refractivity contribution in [3.8, 4) is 23.2 Å². The van der Waals surface area contributed by atoms with Gasteiger partial charge in [-0.3, -0.25) is 9.69 Å². The summed E-state index contributed by atoms with van der Waals surface area (Å²) in [5, 5.41) is 22.3. The maximum absolute atomic E-state index is 11.9. The van der Waals surface area contributed by atoms with Gasteiger partial charge in [0.2, 0.25) is 11.9 Å². The molecule has 3 aliphatic heterocycles. The number of ether oxygens (including phenoxy) is 2. The molecule has 3 aliphatic rings. The topological polar surface area (TPSA) is 140 Å². The van der Waals surface area contributed by atoms with E-state index in [2.05, 4.69) is 48.3 Å². The van der Waals surface area contributed by atoms with Gasteiger partial charge in [-0.2, -0.15) is 10.2 Å². The van der Waals surface area contributed by atoms with Crippen LogP contribution in [0.15, 0.2) is 48.8 Å². The van der Waals surface area contributed by atoms with E-state index in [1.165, 1.54) is 12.0 Å². The van der Waals surface area contributed by atoms with Gasteiger partial charge in [-0.05, 0) is 42.5 Å². The zero-order valence-electron chi connectivity index (χ0n) is 26.2. The Morgan fingerprint density at radius 3 is 2.49 bits per heavy atom. The maximum Gasteiger partial charge on any atom is 0.248 e. The lowest BCUT2D eigenvalue weighted by Gasteiger charge is -2.43. The van der Waals surface area contributed by atoms with Gasteiger partial charge >= 0.3 is 0 Å². The molecule has 12 heteroatoms. The van der Waals surface area contributed by atoms with Crippen LogP contribution in [0.25, 0.3) is 11.4 Å². The van der Waals surface area contributed by atoms with E-state index in [4.69, 9.17) is 14.6 Å². The smallest absolute Gasteiger partial charge is 0.248 e. The molecule has 45 heavy (non-hydrogen) atoms. The second kappa shape index (κ2) is 15.1. The summed E-state index contributed by atoms with van der Waals surface area (Å²) in [6, 6.07) is 16.4. The molecule has 0 radical (unpaired) electrons. The lowest BCUT2D eigenvalue weighted by molar-refractivity contribution is -0.137. The van der Waals surface area contributed by atoms with E-state index in [1.54, 1.807) is 17.0 Å². The van der Waals surface area contributed by atoms with Gasteiger partial charge in [-0.15, -0.1) is 0 Å². The highest BCUT2D eigenvalue weighted by Gasteiger charge is 2.31. The molecule has 3 saturated heterocycles. The molecular weight excluding hydrogens is 572 g/mol. The van der Waals surface area contributed by atoms with Crippen molar-refractivity contribution < 1.29 is 19.4 Å². The van der Waals surface area contributed by atoms with Gasteiger partial charge < -0.3 is 29.7 Å². The van der Waals surface area contributed by atoms with Crippen LogP contribution in [0.2, 0.25) is 0 Å². The van der Waals surface area contributed by atoms with E-state index in [0.29, 0.717) is 54.2 Å². The molecule has 4 heterocycles. The third kappa shape index (κ3) is 7.68. The Morgan fingerprint density at radius 1 is 1.09 bits per heavy atom. The number of amides is 1. The van der Waals surface area contributed by atoms with Crippen LogP contribution in [0.3, 0.4) is 0 Å². The summed E-state index contributed by atoms with van der Waals surface area (Å²) in [6.07, 6.45) is 1.92. The predicted molar refractivity (Wildman–Crippen MR) is 171 cm³/mol. The molecule has 2 aromatic carbocycles. The second-order valence-corrected chi connectivity index (χ2v) is 11.3. The first-order valence-electron chi connectivity index (χ1n) is 15.7. The molecule has 238 valence electrons. The SMILES string of the molecule is CC.C[C@@H]1CN(C(=O)CO)CC[C@@H]1Oc1ccc(-c2ncnc(Nc3ccc(N4CCN(C5COC5)CC4)cc3)n2)cc1C#N. The molecule has 0 aliphatic carbocycles. The third-order valence-electron chi connectivity index (χ3n) is 8.46. The number of aromatic nitrogens is 3. The van der Waals surface area contributed by atoms with Gasteiger partial charge in [-0.25, -0.2) is 9.97 Å². The fourth-order valence-electron chi connectivity index (χ4n) is 5.81. The number of piperidine rings is 1. The third-order valence-corrected chi connectivity index (χ3v) is 8.46. The number of aliphatic hydroxyl groups is 1. The molecule has 2 atom stereocenters. The van der Waals surface area contributed by atoms with Crippen molar-refractivity contribution in [1.82, 2.24) is 24.8 Å². The highest BCUT2D eigenvalue weighted by Crippen LogP contribution is 2.29. The van der Waals surface area contributed by atoms with Gasteiger partial charge in [0.1, 0.15) is 30.9 Å². The summed E-state index contributed by atoms with van der Waals surface area (Å²) in [6.45, 7) is 12.3. The van der Waals surface area contributed by atoms with Gasteiger partial charge in [0.25, 0.3) is 0 Å². The lowest BCUT2D eigenvalue weighted by Crippen LogP contribution is -2.56. The highest BCUT2D eigenvalue weighted by atomic mass is 16.5. The summed E-state index contributed by atoms with van der Waals surface area (Å²) in [5.41, 5.74) is 3.12. The molecule has 3 fully saturated rings. The van der Waals surface area contributed by atoms with E-state index in [1.807, 2.05) is 39.0 Å². The van der Waals surface area contributed by atoms with Crippen LogP contribution in [-0.2, 0) is 9.53 Å². The van der Waals surface area contributed by atoms with Crippen LogP contribution in [-0.4, -0.2) is 107 Å². The van der Waals surface area contributed by atoms with Crippen molar-refractivity contribution in [2.45, 2.75) is 39.3 Å². The standard InChI is InChI=1S/C31H36N8O4.C2H6/c1-21-16-39(29(41)17-40)9-8-27(21)43-28-7-2-22(14-23(28)15-32)30-33-20-34-31(36-30)35-24-3-5-25(6-4-24)37-10-12-38(13-11-37)26-18-42-19-26;1-2/h2-7,14,20-21,26-27,40H,8-13,16-19H2,1H3,(H,33,34,35,36);1-2H3/t21-,27+;/m1./s1. The molecule has 0 saturated carbocycles. The zero-order chi connectivity index (χ0) is 31.8. The summed E-state index contributed by atoms with van der Waals surface area (Å²) in [4.78, 5) is 31.6. The maximum atomic E-state index is 11.9. The van der Waals surface area contributed by atoms with Gasteiger partial charge in [0.15, 0.2) is 5.82 Å². The Morgan fingerprint density at radius 2 is 1.84 bits per heavy atom. The normalized spacial score (nSPS) is 20.3. The minimum Gasteiger partial charge on any atom is -0.489 e. The number of benzene rings is 2. The summed E-state index contributed by atoms with van der Waals surface area (Å²) >= 11 is 0. The van der Waals surface area contributed by atoms with Gasteiger partial charge in [0, 0.05) is 68.5 Å². The molecule has 12 nitrogen and oxygen atoms in total. The Hall–Kier alpha value is -4.31. The van der Waals surface area contributed by atoms with Crippen LogP contribution in [0.5, 0.6) is 5.75 Å². The lowest BCUT2D eigenvalue weighted by atomic mass is 9.96. The first-order chi connectivity index (χ1) is 22.0. The fourth-order valence-corrected chi connectivity index (χ4v) is 5.81. The number of nitrogens with one attached hydrogen (secondary N) is 1. The molecule has 0 unspecified atom stereocenters. The number of nitrogens with zero attached hydrogens (tertiary/aromatic N) is 7. The summed E-state index contributed by atoms with van der Waals surface area (Å²) < 4.78 is 11.6. The molecule has 0 spiro atoms. The van der Waals surface area contributed by atoms with Crippen molar-refractivity contribution in [3.63, 3.8) is 0 Å². The highest BCUT2D eigenvalue weighted by molar-refractivity contribution is 5.77. The largest absolute Gasteiger partial charge is 0.489 e. The Balaban J connectivity index is 0.00000196. The molecule has 6 rings (SSSR count). The Kier molecular flexibility index (Phi) is 10.8. The molecule has 0 bridgehead atoms. The minimum absolute atomic E-state index is 0.0550. The van der Waals surface area contributed by atoms with Gasteiger partial charge in [-0.1, -0.05) is 20.8 Å². The number of aliphatic hydroxyl groups excluding tert-OH is 1. The molecule has 1 amide bonds. The zero-order valence-corrected chi connectivity index (χ0v) is 26.2. The van der Waals surface area contributed by atoms with Crippen molar-refractivity contribution in [3.05, 3.63) is 54.4 Å². The minimum atomic E-state index is -0.492. The van der Waals surface area contributed by atoms with Crippen LogP contribution in [0.1, 0.15) is 32.8 Å². The number of rotatable bonds is 8. The molecule has 3 aromatic rings. The van der Waals surface area contributed by atoms with Gasteiger partial charge in [0.05, 0.1) is 24.8 Å². The Labute approximate surface area is 264 Å². The number of piperazine rings is 1. The van der Waals surface area contributed by atoms with Crippen LogP contribution in [0, 0.1) is 17.2 Å². The van der Waals surface area contributed by atoms with Crippen molar-refractivity contribution in [2.75, 3.05) is 69.3 Å². The van der Waals surface area contributed by atoms with Crippen molar-refractivity contribution >= 4 is 23.2 Å². The molecule has 1 aromatic heterocycles. The van der Waals surface area contributed by atoms with Crippen LogP contribution in [0.4, 0.5) is 17.3 Å². The number of nitriles is 1. The number of likely N-dealkylation sites (tertiary alicyclic amines) is 1. The number of hydrogen-bond donors (Lipinski definition) is 2.